The predicted molar refractivity (Wildman–Crippen MR) is 76.3 cm³/mol. The summed E-state index contributed by atoms with van der Waals surface area (Å²) in [5.41, 5.74) is 1.02. The van der Waals surface area contributed by atoms with Crippen molar-refractivity contribution in [2.24, 2.45) is 0 Å². The first kappa shape index (κ1) is 13.4. The van der Waals surface area contributed by atoms with E-state index in [-0.39, 0.29) is 0 Å². The third-order valence-electron chi connectivity index (χ3n) is 2.91. The summed E-state index contributed by atoms with van der Waals surface area (Å²) in [6.07, 6.45) is 3.58. The zero-order valence-corrected chi connectivity index (χ0v) is 11.7. The molecule has 0 atom stereocenters. The van der Waals surface area contributed by atoms with Crippen LogP contribution in [0.1, 0.15) is 30.5 Å². The number of nitrogens with one attached hydrogen (secondary N) is 2. The zero-order chi connectivity index (χ0) is 13.7. The van der Waals surface area contributed by atoms with Gasteiger partial charge in [0.05, 0.1) is 12.8 Å². The minimum absolute atomic E-state index is 0.625. The molecule has 0 aliphatic rings. The van der Waals surface area contributed by atoms with Crippen LogP contribution in [-0.2, 0) is 13.0 Å². The lowest BCUT2D eigenvalue weighted by Gasteiger charge is -2.13. The largest absolute Gasteiger partial charge is 0.467 e. The van der Waals surface area contributed by atoms with E-state index in [9.17, 15) is 0 Å². The average Bonchev–Trinajstić information content (AvgIpc) is 2.92. The molecule has 0 fully saturated rings. The van der Waals surface area contributed by atoms with Crippen molar-refractivity contribution in [3.8, 4) is 0 Å². The van der Waals surface area contributed by atoms with Gasteiger partial charge in [0.25, 0.3) is 0 Å². The van der Waals surface area contributed by atoms with Crippen LogP contribution < -0.4 is 10.6 Å². The van der Waals surface area contributed by atoms with Gasteiger partial charge in [-0.1, -0.05) is 6.92 Å². The Morgan fingerprint density at radius 3 is 2.68 bits per heavy atom. The monoisotopic (exact) mass is 260 g/mol. The van der Waals surface area contributed by atoms with E-state index < -0.39 is 0 Å². The minimum atomic E-state index is 0.625. The van der Waals surface area contributed by atoms with E-state index >= 15 is 0 Å². The molecular weight excluding hydrogens is 240 g/mol. The molecule has 0 aliphatic carbocycles. The molecule has 102 valence electrons. The first-order chi connectivity index (χ1) is 9.24. The van der Waals surface area contributed by atoms with Crippen LogP contribution in [-0.4, -0.2) is 17.0 Å². The Labute approximate surface area is 113 Å². The normalized spacial score (nSPS) is 10.5. The van der Waals surface area contributed by atoms with Crippen LogP contribution in [0.2, 0.25) is 0 Å². The lowest BCUT2D eigenvalue weighted by atomic mass is 10.2. The highest BCUT2D eigenvalue weighted by Crippen LogP contribution is 2.20. The number of rotatable bonds is 6. The van der Waals surface area contributed by atoms with Crippen LogP contribution in [0.3, 0.4) is 0 Å². The number of hydrogen-bond acceptors (Lipinski definition) is 5. The molecule has 0 unspecified atom stereocenters. The van der Waals surface area contributed by atoms with Crippen LogP contribution in [0, 0.1) is 6.92 Å². The van der Waals surface area contributed by atoms with Crippen molar-refractivity contribution in [2.75, 3.05) is 17.7 Å². The first-order valence-corrected chi connectivity index (χ1v) is 6.56. The van der Waals surface area contributed by atoms with Crippen molar-refractivity contribution in [3.05, 3.63) is 35.5 Å². The number of nitrogens with zero attached hydrogens (tertiary/aromatic N) is 2. The maximum atomic E-state index is 5.31. The van der Waals surface area contributed by atoms with Gasteiger partial charge in [-0.15, -0.1) is 0 Å². The molecule has 2 N–H and O–H groups in total. The van der Waals surface area contributed by atoms with Gasteiger partial charge in [-0.25, -0.2) is 9.97 Å². The van der Waals surface area contributed by atoms with Gasteiger partial charge in [0.2, 0.25) is 0 Å². The standard InChI is InChI=1S/C14H20N4O/c1-4-6-12-17-13(15-3)10(2)14(18-12)16-9-11-7-5-8-19-11/h5,7-8H,4,6,9H2,1-3H3,(H2,15,16,17,18). The number of aryl methyl sites for hydroxylation is 1. The van der Waals surface area contributed by atoms with E-state index in [1.807, 2.05) is 26.1 Å². The highest BCUT2D eigenvalue weighted by atomic mass is 16.3. The van der Waals surface area contributed by atoms with Gasteiger partial charge in [-0.3, -0.25) is 0 Å². The summed E-state index contributed by atoms with van der Waals surface area (Å²) in [6, 6.07) is 3.82. The van der Waals surface area contributed by atoms with Crippen LogP contribution in [0.5, 0.6) is 0 Å². The SMILES string of the molecule is CCCc1nc(NC)c(C)c(NCc2ccco2)n1. The molecule has 0 aliphatic heterocycles. The van der Waals surface area contributed by atoms with E-state index in [0.29, 0.717) is 6.54 Å². The number of furan rings is 1. The molecule has 2 aromatic rings. The van der Waals surface area contributed by atoms with E-state index in [1.165, 1.54) is 0 Å². The summed E-state index contributed by atoms with van der Waals surface area (Å²) in [4.78, 5) is 9.07. The molecule has 2 aromatic heterocycles. The number of hydrogen-bond donors (Lipinski definition) is 2. The van der Waals surface area contributed by atoms with E-state index in [4.69, 9.17) is 4.42 Å². The van der Waals surface area contributed by atoms with Gasteiger partial charge in [0.15, 0.2) is 0 Å². The number of anilines is 2. The summed E-state index contributed by atoms with van der Waals surface area (Å²) < 4.78 is 5.31. The first-order valence-electron chi connectivity index (χ1n) is 6.56. The summed E-state index contributed by atoms with van der Waals surface area (Å²) in [5, 5.41) is 6.42. The maximum absolute atomic E-state index is 5.31. The Kier molecular flexibility index (Phi) is 4.39. The Balaban J connectivity index is 2.19. The van der Waals surface area contributed by atoms with Crippen LogP contribution >= 0.6 is 0 Å². The van der Waals surface area contributed by atoms with Gasteiger partial charge in [0, 0.05) is 19.0 Å². The summed E-state index contributed by atoms with van der Waals surface area (Å²) >= 11 is 0. The predicted octanol–water partition coefficient (Wildman–Crippen LogP) is 2.98. The summed E-state index contributed by atoms with van der Waals surface area (Å²) in [7, 11) is 1.88. The molecule has 0 amide bonds. The van der Waals surface area contributed by atoms with Gasteiger partial charge in [-0.2, -0.15) is 0 Å². The molecule has 0 aromatic carbocycles. The molecule has 0 bridgehead atoms. The molecule has 5 heteroatoms. The molecule has 0 saturated heterocycles. The molecular formula is C14H20N4O. The Morgan fingerprint density at radius 1 is 1.26 bits per heavy atom. The highest BCUT2D eigenvalue weighted by Gasteiger charge is 2.09. The minimum Gasteiger partial charge on any atom is -0.467 e. The second-order valence-corrected chi connectivity index (χ2v) is 4.39. The Morgan fingerprint density at radius 2 is 2.05 bits per heavy atom. The zero-order valence-electron chi connectivity index (χ0n) is 11.7. The molecule has 2 heterocycles. The Hall–Kier alpha value is -2.04. The van der Waals surface area contributed by atoms with E-state index in [2.05, 4.69) is 27.5 Å². The van der Waals surface area contributed by atoms with Crippen molar-refractivity contribution >= 4 is 11.6 Å². The van der Waals surface area contributed by atoms with Gasteiger partial charge in [-0.05, 0) is 25.5 Å². The fraction of sp³-hybridized carbons (Fsp3) is 0.429. The third kappa shape index (κ3) is 3.24. The smallest absolute Gasteiger partial charge is 0.135 e. The molecule has 19 heavy (non-hydrogen) atoms. The second-order valence-electron chi connectivity index (χ2n) is 4.39. The van der Waals surface area contributed by atoms with Crippen LogP contribution in [0.4, 0.5) is 11.6 Å². The summed E-state index contributed by atoms with van der Waals surface area (Å²) in [5.74, 6) is 3.49. The van der Waals surface area contributed by atoms with Crippen molar-refractivity contribution < 1.29 is 4.42 Å². The van der Waals surface area contributed by atoms with Gasteiger partial charge in [0.1, 0.15) is 23.2 Å². The Bertz CT molecular complexity index is 522. The van der Waals surface area contributed by atoms with Gasteiger partial charge >= 0.3 is 0 Å². The molecule has 0 radical (unpaired) electrons. The molecule has 5 nitrogen and oxygen atoms in total. The highest BCUT2D eigenvalue weighted by molar-refractivity contribution is 5.57. The van der Waals surface area contributed by atoms with Crippen molar-refractivity contribution in [2.45, 2.75) is 33.2 Å². The van der Waals surface area contributed by atoms with Crippen molar-refractivity contribution in [3.63, 3.8) is 0 Å². The van der Waals surface area contributed by atoms with Crippen molar-refractivity contribution in [1.29, 1.82) is 0 Å². The average molecular weight is 260 g/mol. The van der Waals surface area contributed by atoms with E-state index in [0.717, 1.165) is 41.6 Å². The third-order valence-corrected chi connectivity index (χ3v) is 2.91. The fourth-order valence-electron chi connectivity index (χ4n) is 1.90. The van der Waals surface area contributed by atoms with Crippen LogP contribution in [0.15, 0.2) is 22.8 Å². The topological polar surface area (TPSA) is 63.0 Å². The summed E-state index contributed by atoms with van der Waals surface area (Å²) in [6.45, 7) is 4.75. The van der Waals surface area contributed by atoms with Crippen LogP contribution in [0.25, 0.3) is 0 Å². The fourth-order valence-corrected chi connectivity index (χ4v) is 1.90. The lowest BCUT2D eigenvalue weighted by molar-refractivity contribution is 0.517. The van der Waals surface area contributed by atoms with Gasteiger partial charge < -0.3 is 15.1 Å². The molecule has 2 rings (SSSR count). The lowest BCUT2D eigenvalue weighted by Crippen LogP contribution is -2.09. The van der Waals surface area contributed by atoms with E-state index in [1.54, 1.807) is 6.26 Å². The molecule has 0 saturated carbocycles. The second kappa shape index (κ2) is 6.22. The molecule has 0 spiro atoms. The quantitative estimate of drug-likeness (QED) is 0.836. The number of aromatic nitrogens is 2. The van der Waals surface area contributed by atoms with Crippen molar-refractivity contribution in [1.82, 2.24) is 9.97 Å². The maximum Gasteiger partial charge on any atom is 0.135 e.